The molecular formula is C29H33Cl2N3O5S2. The molecule has 0 aromatic heterocycles. The standard InChI is InChI=1S/C29H33Cl2N3O5S2/c1-5-27(29(36)32-3)33(18-24-25(30)8-7-9-26(24)31)28(35)19-34(20-10-12-21(13-11-20)39-6-2)41(37,38)23-16-14-22(40-4)15-17-23/h7-17,27H,5-6,18-19H2,1-4H3,(H,32,36). The number of amides is 2. The molecule has 0 radical (unpaired) electrons. The fraction of sp³-hybridized carbons (Fsp3) is 0.310. The molecule has 0 saturated heterocycles. The zero-order chi connectivity index (χ0) is 30.2. The maximum absolute atomic E-state index is 14.0. The molecule has 12 heteroatoms. The number of halogens is 2. The fourth-order valence-corrected chi connectivity index (χ4v) is 6.56. The summed E-state index contributed by atoms with van der Waals surface area (Å²) in [4.78, 5) is 29.2. The molecule has 0 saturated carbocycles. The van der Waals surface area contributed by atoms with Gasteiger partial charge in [0.15, 0.2) is 0 Å². The van der Waals surface area contributed by atoms with E-state index in [1.165, 1.54) is 35.8 Å². The molecule has 0 spiro atoms. The number of benzene rings is 3. The van der Waals surface area contributed by atoms with Crippen LogP contribution in [0, 0.1) is 0 Å². The molecule has 0 heterocycles. The van der Waals surface area contributed by atoms with E-state index in [0.29, 0.717) is 28.0 Å². The third-order valence-electron chi connectivity index (χ3n) is 6.38. The van der Waals surface area contributed by atoms with E-state index in [1.807, 2.05) is 13.2 Å². The second-order valence-electron chi connectivity index (χ2n) is 8.87. The molecule has 3 aromatic rings. The normalized spacial score (nSPS) is 12.0. The minimum atomic E-state index is -4.20. The lowest BCUT2D eigenvalue weighted by Crippen LogP contribution is -2.51. The van der Waals surface area contributed by atoms with Gasteiger partial charge in [-0.2, -0.15) is 0 Å². The van der Waals surface area contributed by atoms with Crippen LogP contribution >= 0.6 is 35.0 Å². The number of thioether (sulfide) groups is 1. The van der Waals surface area contributed by atoms with E-state index in [4.69, 9.17) is 27.9 Å². The topological polar surface area (TPSA) is 96.0 Å². The van der Waals surface area contributed by atoms with Crippen LogP contribution in [0.1, 0.15) is 25.8 Å². The van der Waals surface area contributed by atoms with E-state index in [1.54, 1.807) is 61.5 Å². The Bertz CT molecular complexity index is 1430. The molecule has 2 amide bonds. The summed E-state index contributed by atoms with van der Waals surface area (Å²) in [6.45, 7) is 3.39. The van der Waals surface area contributed by atoms with Gasteiger partial charge >= 0.3 is 0 Å². The molecule has 3 aromatic carbocycles. The first-order valence-electron chi connectivity index (χ1n) is 12.9. The van der Waals surface area contributed by atoms with Crippen molar-refractivity contribution in [3.63, 3.8) is 0 Å². The van der Waals surface area contributed by atoms with E-state index in [2.05, 4.69) is 5.32 Å². The van der Waals surface area contributed by atoms with Crippen molar-refractivity contribution in [2.75, 3.05) is 30.8 Å². The highest BCUT2D eigenvalue weighted by Gasteiger charge is 2.34. The maximum Gasteiger partial charge on any atom is 0.264 e. The quantitative estimate of drug-likeness (QED) is 0.236. The van der Waals surface area contributed by atoms with Gasteiger partial charge in [-0.15, -0.1) is 11.8 Å². The predicted molar refractivity (Wildman–Crippen MR) is 166 cm³/mol. The summed E-state index contributed by atoms with van der Waals surface area (Å²) < 4.78 is 34.5. The van der Waals surface area contributed by atoms with Gasteiger partial charge in [-0.3, -0.25) is 13.9 Å². The van der Waals surface area contributed by atoms with Crippen LogP contribution in [0.3, 0.4) is 0 Å². The molecule has 1 N–H and O–H groups in total. The molecule has 0 aliphatic rings. The van der Waals surface area contributed by atoms with Gasteiger partial charge in [0.25, 0.3) is 10.0 Å². The minimum absolute atomic E-state index is 0.0241. The molecule has 0 aliphatic heterocycles. The smallest absolute Gasteiger partial charge is 0.264 e. The largest absolute Gasteiger partial charge is 0.494 e. The highest BCUT2D eigenvalue weighted by molar-refractivity contribution is 7.98. The summed E-state index contributed by atoms with van der Waals surface area (Å²) in [7, 11) is -2.72. The second-order valence-corrected chi connectivity index (χ2v) is 12.4. The fourth-order valence-electron chi connectivity index (χ4n) is 4.22. The van der Waals surface area contributed by atoms with E-state index in [-0.39, 0.29) is 23.5 Å². The Kier molecular flexibility index (Phi) is 11.8. The Hall–Kier alpha value is -2.92. The zero-order valence-corrected chi connectivity index (χ0v) is 26.4. The van der Waals surface area contributed by atoms with Gasteiger partial charge < -0.3 is 15.0 Å². The summed E-state index contributed by atoms with van der Waals surface area (Å²) in [5, 5.41) is 3.24. The molecule has 220 valence electrons. The van der Waals surface area contributed by atoms with Gasteiger partial charge in [0.1, 0.15) is 18.3 Å². The van der Waals surface area contributed by atoms with Crippen molar-refractivity contribution >= 4 is 62.5 Å². The molecule has 1 atom stereocenters. The summed E-state index contributed by atoms with van der Waals surface area (Å²) in [5.74, 6) is -0.438. The van der Waals surface area contributed by atoms with Crippen LogP contribution in [0.4, 0.5) is 5.69 Å². The Balaban J connectivity index is 2.09. The lowest BCUT2D eigenvalue weighted by molar-refractivity contribution is -0.140. The van der Waals surface area contributed by atoms with Gasteiger partial charge in [0.05, 0.1) is 17.2 Å². The van der Waals surface area contributed by atoms with Crippen molar-refractivity contribution in [2.24, 2.45) is 0 Å². The van der Waals surface area contributed by atoms with Gasteiger partial charge in [-0.05, 0) is 80.3 Å². The van der Waals surface area contributed by atoms with Gasteiger partial charge in [-0.1, -0.05) is 36.2 Å². The van der Waals surface area contributed by atoms with Gasteiger partial charge in [-0.25, -0.2) is 8.42 Å². The molecular weight excluding hydrogens is 605 g/mol. The third kappa shape index (κ3) is 7.88. The van der Waals surface area contributed by atoms with Crippen molar-refractivity contribution in [1.29, 1.82) is 0 Å². The maximum atomic E-state index is 14.0. The Morgan fingerprint density at radius 2 is 1.59 bits per heavy atom. The number of nitrogens with one attached hydrogen (secondary N) is 1. The number of nitrogens with zero attached hydrogens (tertiary/aromatic N) is 2. The van der Waals surface area contributed by atoms with E-state index in [9.17, 15) is 18.0 Å². The highest BCUT2D eigenvalue weighted by Crippen LogP contribution is 2.30. The molecule has 41 heavy (non-hydrogen) atoms. The van der Waals surface area contributed by atoms with E-state index >= 15 is 0 Å². The number of sulfonamides is 1. The Morgan fingerprint density at radius 1 is 0.976 bits per heavy atom. The van der Waals surface area contributed by atoms with Crippen LogP contribution in [0.25, 0.3) is 0 Å². The number of carbonyl (C=O) groups is 2. The van der Waals surface area contributed by atoms with Crippen LogP contribution in [-0.2, 0) is 26.2 Å². The van der Waals surface area contributed by atoms with Crippen molar-refractivity contribution in [3.8, 4) is 5.75 Å². The first kappa shape index (κ1) is 32.6. The lowest BCUT2D eigenvalue weighted by Gasteiger charge is -2.33. The van der Waals surface area contributed by atoms with Crippen molar-refractivity contribution in [2.45, 2.75) is 42.6 Å². The predicted octanol–water partition coefficient (Wildman–Crippen LogP) is 5.86. The highest BCUT2D eigenvalue weighted by atomic mass is 35.5. The van der Waals surface area contributed by atoms with Crippen molar-refractivity contribution in [3.05, 3.63) is 82.3 Å². The van der Waals surface area contributed by atoms with Crippen LogP contribution in [0.5, 0.6) is 5.75 Å². The lowest BCUT2D eigenvalue weighted by atomic mass is 10.1. The Morgan fingerprint density at radius 3 is 2.10 bits per heavy atom. The van der Waals surface area contributed by atoms with Gasteiger partial charge in [0, 0.05) is 34.1 Å². The number of carbonyl (C=O) groups excluding carboxylic acids is 2. The molecule has 1 unspecified atom stereocenters. The monoisotopic (exact) mass is 637 g/mol. The number of hydrogen-bond acceptors (Lipinski definition) is 6. The number of anilines is 1. The first-order valence-corrected chi connectivity index (χ1v) is 16.3. The molecule has 3 rings (SSSR count). The summed E-state index contributed by atoms with van der Waals surface area (Å²) in [5.41, 5.74) is 0.717. The van der Waals surface area contributed by atoms with Crippen molar-refractivity contribution < 1.29 is 22.7 Å². The van der Waals surface area contributed by atoms with Crippen LogP contribution in [-0.4, -0.2) is 57.6 Å². The average Bonchev–Trinajstić information content (AvgIpc) is 2.97. The molecule has 8 nitrogen and oxygen atoms in total. The Labute approximate surface area is 256 Å². The third-order valence-corrected chi connectivity index (χ3v) is 9.62. The second kappa shape index (κ2) is 14.8. The number of likely N-dealkylation sites (N-methyl/N-ethyl adjacent to an activating group) is 1. The SMILES string of the molecule is CCOc1ccc(N(CC(=O)N(Cc2c(Cl)cccc2Cl)C(CC)C(=O)NC)S(=O)(=O)c2ccc(SC)cc2)cc1. The molecule has 0 fully saturated rings. The van der Waals surface area contributed by atoms with Crippen LogP contribution in [0.2, 0.25) is 10.0 Å². The van der Waals surface area contributed by atoms with Crippen LogP contribution < -0.4 is 14.4 Å². The van der Waals surface area contributed by atoms with Crippen LogP contribution in [0.15, 0.2) is 76.5 Å². The number of rotatable bonds is 13. The summed E-state index contributed by atoms with van der Waals surface area (Å²) >= 11 is 14.3. The van der Waals surface area contributed by atoms with Gasteiger partial charge in [0.2, 0.25) is 11.8 Å². The molecule has 0 bridgehead atoms. The van der Waals surface area contributed by atoms with Crippen molar-refractivity contribution in [1.82, 2.24) is 10.2 Å². The van der Waals surface area contributed by atoms with E-state index < -0.39 is 34.4 Å². The molecule has 0 aliphatic carbocycles. The average molecular weight is 639 g/mol. The zero-order valence-electron chi connectivity index (χ0n) is 23.3. The van der Waals surface area contributed by atoms with E-state index in [0.717, 1.165) is 9.20 Å². The first-order chi connectivity index (χ1) is 19.6. The minimum Gasteiger partial charge on any atom is -0.494 e. The number of ether oxygens (including phenoxy) is 1. The summed E-state index contributed by atoms with van der Waals surface area (Å²) in [6.07, 6.45) is 2.17. The number of hydrogen-bond donors (Lipinski definition) is 1. The summed E-state index contributed by atoms with van der Waals surface area (Å²) in [6, 6.07) is 16.9.